The Morgan fingerprint density at radius 1 is 1.08 bits per heavy atom. The molecule has 0 aliphatic carbocycles. The second kappa shape index (κ2) is 9.32. The van der Waals surface area contributed by atoms with Crippen LogP contribution in [0.4, 0.5) is 0 Å². The van der Waals surface area contributed by atoms with Crippen molar-refractivity contribution in [3.05, 3.63) is 56.8 Å². The summed E-state index contributed by atoms with van der Waals surface area (Å²) in [5, 5.41) is 11.1. The largest absolute Gasteiger partial charge is 1.00 e. The molecule has 132 valence electrons. The number of nitrogens with one attached hydrogen (secondary N) is 1. The quantitative estimate of drug-likeness (QED) is 0.289. The average Bonchev–Trinajstić information content (AvgIpc) is 2.48. The van der Waals surface area contributed by atoms with Gasteiger partial charge in [-0.3, -0.25) is 9.36 Å². The minimum Gasteiger partial charge on any atom is -0.756 e. The predicted molar refractivity (Wildman–Crippen MR) is 91.5 cm³/mol. The number of aromatic nitrogens is 2. The number of benzene rings is 2. The molecule has 0 spiro atoms. The van der Waals surface area contributed by atoms with Crippen LogP contribution in [0.3, 0.4) is 0 Å². The normalized spacial score (nSPS) is 10.7. The third-order valence-corrected chi connectivity index (χ3v) is 3.35. The molecule has 0 radical (unpaired) electrons. The molecule has 1 heterocycles. The Kier molecular flexibility index (Phi) is 8.29. The maximum absolute atomic E-state index is 12.1. The fourth-order valence-corrected chi connectivity index (χ4v) is 2.28. The summed E-state index contributed by atoms with van der Waals surface area (Å²) in [4.78, 5) is 41.9. The number of fused-ring (bicyclic) bond motifs is 1. The first-order valence-electron chi connectivity index (χ1n) is 6.49. The molecule has 4 N–H and O–H groups in total. The Hall–Kier alpha value is -0.930. The van der Waals surface area contributed by atoms with Crippen molar-refractivity contribution < 1.29 is 53.9 Å². The van der Waals surface area contributed by atoms with E-state index in [0.29, 0.717) is 26.5 Å². The summed E-state index contributed by atoms with van der Waals surface area (Å²) in [7, 11) is -4.89. The van der Waals surface area contributed by atoms with E-state index in [2.05, 4.69) is 9.97 Å². The number of phosphoric acid groups is 1. The minimum atomic E-state index is -4.89. The van der Waals surface area contributed by atoms with E-state index in [0.717, 1.165) is 0 Å². The van der Waals surface area contributed by atoms with Crippen LogP contribution in [0.2, 0.25) is 10.0 Å². The molecule has 3 aromatic rings. The van der Waals surface area contributed by atoms with Gasteiger partial charge in [-0.2, -0.15) is 0 Å². The van der Waals surface area contributed by atoms with E-state index >= 15 is 0 Å². The van der Waals surface area contributed by atoms with Crippen molar-refractivity contribution in [3.63, 3.8) is 0 Å². The molecule has 2 aromatic carbocycles. The Bertz CT molecular complexity index is 1030. The predicted octanol–water partition coefficient (Wildman–Crippen LogP) is -0.954. The summed E-state index contributed by atoms with van der Waals surface area (Å²) >= 11 is 11.8. The monoisotopic (exact) mass is 426 g/mol. The van der Waals surface area contributed by atoms with Crippen molar-refractivity contribution in [2.75, 3.05) is 0 Å². The number of aromatic amines is 1. The molecule has 1 aromatic heterocycles. The molecule has 0 saturated heterocycles. The van der Waals surface area contributed by atoms with E-state index in [9.17, 15) is 9.90 Å². The van der Waals surface area contributed by atoms with Gasteiger partial charge in [-0.1, -0.05) is 23.2 Å². The molecule has 8 nitrogen and oxygen atoms in total. The first kappa shape index (κ1) is 23.1. The summed E-state index contributed by atoms with van der Waals surface area (Å²) in [5.41, 5.74) is 0.533. The van der Waals surface area contributed by atoms with Gasteiger partial charge in [-0.25, -0.2) is 4.98 Å². The Morgan fingerprint density at radius 2 is 1.62 bits per heavy atom. The number of nitrogens with zero attached hydrogens (tertiary/aromatic N) is 1. The van der Waals surface area contributed by atoms with Gasteiger partial charge in [0.1, 0.15) is 11.6 Å². The number of hydrogen-bond donors (Lipinski definition) is 4. The summed E-state index contributed by atoms with van der Waals surface area (Å²) in [6, 6.07) is 9.39. The molecule has 0 aliphatic heterocycles. The van der Waals surface area contributed by atoms with E-state index in [4.69, 9.17) is 42.4 Å². The van der Waals surface area contributed by atoms with Crippen LogP contribution >= 0.6 is 31.0 Å². The number of aromatic hydroxyl groups is 1. The number of phenolic OH excluding ortho intramolecular Hbond substituents is 1. The maximum atomic E-state index is 12.1. The van der Waals surface area contributed by atoms with Crippen molar-refractivity contribution in [2.24, 2.45) is 0 Å². The second-order valence-electron chi connectivity index (χ2n) is 4.73. The molecule has 0 aliphatic rings. The van der Waals surface area contributed by atoms with Gasteiger partial charge in [-0.05, 0) is 36.4 Å². The number of H-pyrrole nitrogens is 1. The van der Waals surface area contributed by atoms with Gasteiger partial charge in [-0.15, -0.1) is 0 Å². The molecule has 3 rings (SSSR count). The van der Waals surface area contributed by atoms with Gasteiger partial charge in [0.05, 0.1) is 16.5 Å². The standard InChI is InChI=1S/C14H8Cl2N2O2.Na.H3O4P/c15-7-1-3-11-9(5-7)14(20)18-13(17-11)10-6-8(16)2-4-12(10)19;;1-5(2,3)4/h1-6,19H,(H,17,18,20);;(H3,1,2,3,4)/q;+1;/p-1. The molecular formula is C14H10Cl2N2NaO6P. The zero-order chi connectivity index (χ0) is 18.8. The van der Waals surface area contributed by atoms with E-state index in [-0.39, 0.29) is 46.7 Å². The molecule has 0 atom stereocenters. The van der Waals surface area contributed by atoms with Crippen LogP contribution in [-0.4, -0.2) is 24.9 Å². The zero-order valence-electron chi connectivity index (χ0n) is 13.2. The van der Waals surface area contributed by atoms with Crippen LogP contribution < -0.4 is 40.0 Å². The van der Waals surface area contributed by atoms with E-state index < -0.39 is 7.82 Å². The first-order chi connectivity index (χ1) is 11.5. The van der Waals surface area contributed by atoms with Gasteiger partial charge in [0, 0.05) is 10.0 Å². The van der Waals surface area contributed by atoms with Crippen LogP contribution in [0.25, 0.3) is 22.3 Å². The fourth-order valence-electron chi connectivity index (χ4n) is 1.94. The molecule has 0 amide bonds. The van der Waals surface area contributed by atoms with Crippen molar-refractivity contribution in [3.8, 4) is 17.1 Å². The van der Waals surface area contributed by atoms with Crippen LogP contribution in [0, 0.1) is 0 Å². The summed E-state index contributed by atoms with van der Waals surface area (Å²) in [6.45, 7) is 0. The van der Waals surface area contributed by atoms with E-state index in [1.54, 1.807) is 24.3 Å². The van der Waals surface area contributed by atoms with Crippen molar-refractivity contribution in [2.45, 2.75) is 0 Å². The van der Waals surface area contributed by atoms with E-state index in [1.165, 1.54) is 12.1 Å². The van der Waals surface area contributed by atoms with Crippen molar-refractivity contribution in [1.29, 1.82) is 0 Å². The fraction of sp³-hybridized carbons (Fsp3) is 0. The smallest absolute Gasteiger partial charge is 0.756 e. The first-order valence-corrected chi connectivity index (χ1v) is 8.78. The van der Waals surface area contributed by atoms with Gasteiger partial charge in [0.2, 0.25) is 0 Å². The van der Waals surface area contributed by atoms with Gasteiger partial charge >= 0.3 is 29.6 Å². The molecule has 0 unspecified atom stereocenters. The Labute approximate surface area is 179 Å². The average molecular weight is 427 g/mol. The molecular weight excluding hydrogens is 417 g/mol. The van der Waals surface area contributed by atoms with E-state index in [1.807, 2.05) is 0 Å². The Morgan fingerprint density at radius 3 is 2.23 bits per heavy atom. The molecule has 12 heteroatoms. The summed E-state index contributed by atoms with van der Waals surface area (Å²) < 4.78 is 8.77. The zero-order valence-corrected chi connectivity index (χ0v) is 17.6. The third-order valence-electron chi connectivity index (χ3n) is 2.88. The molecule has 0 bridgehead atoms. The van der Waals surface area contributed by atoms with Crippen LogP contribution in [0.1, 0.15) is 0 Å². The third kappa shape index (κ3) is 6.66. The van der Waals surface area contributed by atoms with Crippen molar-refractivity contribution >= 4 is 41.9 Å². The molecule has 0 saturated carbocycles. The maximum Gasteiger partial charge on any atom is 1.00 e. The second-order valence-corrected chi connectivity index (χ2v) is 6.58. The number of rotatable bonds is 1. The number of halogens is 2. The SMILES string of the molecule is O=P([O-])(O)O.O=c1[nH]c(-c2cc(Cl)ccc2O)nc2ccc(Cl)cc12.[Na+]. The van der Waals surface area contributed by atoms with Crippen LogP contribution in [-0.2, 0) is 4.57 Å². The van der Waals surface area contributed by atoms with Crippen LogP contribution in [0.5, 0.6) is 5.75 Å². The number of hydrogen-bond acceptors (Lipinski definition) is 5. The summed E-state index contributed by atoms with van der Waals surface area (Å²) in [5.74, 6) is 0.246. The summed E-state index contributed by atoms with van der Waals surface area (Å²) in [6.07, 6.45) is 0. The minimum absolute atomic E-state index is 0. The van der Waals surface area contributed by atoms with Crippen molar-refractivity contribution in [1.82, 2.24) is 9.97 Å². The number of phenols is 1. The van der Waals surface area contributed by atoms with Gasteiger partial charge in [0.25, 0.3) is 13.4 Å². The van der Waals surface area contributed by atoms with Crippen LogP contribution in [0.15, 0.2) is 41.2 Å². The molecule has 26 heavy (non-hydrogen) atoms. The van der Waals surface area contributed by atoms with Gasteiger partial charge in [0.15, 0.2) is 0 Å². The molecule has 0 fully saturated rings. The topological polar surface area (TPSA) is 147 Å². The van der Waals surface area contributed by atoms with Gasteiger partial charge < -0.3 is 24.8 Å². The Balaban J connectivity index is 0.000000501.